The minimum Gasteiger partial charge on any atom is -0.426 e. The van der Waals surface area contributed by atoms with Gasteiger partial charge in [-0.25, -0.2) is 4.98 Å². The normalized spacial score (nSPS) is 15.0. The van der Waals surface area contributed by atoms with Crippen LogP contribution in [-0.2, 0) is 4.79 Å². The Bertz CT molecular complexity index is 977. The number of anilines is 1. The van der Waals surface area contributed by atoms with Gasteiger partial charge in [0.05, 0.1) is 0 Å². The summed E-state index contributed by atoms with van der Waals surface area (Å²) in [6.45, 7) is 1.42. The standard InChI is InChI=1S/C21H22BrN3O2/c1-14(26)27-18-10-6-5-9-17(18)20-21(23-16-7-3-2-4-8-16)25-13-15(22)11-12-19(25)24-20/h5-6,9-13,16,23H,2-4,7-8H2,1H3. The molecule has 3 aromatic rings. The van der Waals surface area contributed by atoms with Crippen LogP contribution in [0.5, 0.6) is 5.75 Å². The molecule has 0 atom stereocenters. The Morgan fingerprint density at radius 2 is 1.96 bits per heavy atom. The number of benzene rings is 1. The van der Waals surface area contributed by atoms with E-state index >= 15 is 0 Å². The molecule has 1 fully saturated rings. The van der Waals surface area contributed by atoms with Crippen LogP contribution < -0.4 is 10.1 Å². The molecular weight excluding hydrogens is 406 g/mol. The highest BCUT2D eigenvalue weighted by Crippen LogP contribution is 2.37. The summed E-state index contributed by atoms with van der Waals surface area (Å²) in [5.41, 5.74) is 2.46. The number of carbonyl (C=O) groups excluding carboxylic acids is 1. The first-order valence-electron chi connectivity index (χ1n) is 9.34. The predicted octanol–water partition coefficient (Wildman–Crippen LogP) is 5.43. The third-order valence-electron chi connectivity index (χ3n) is 4.92. The molecule has 0 amide bonds. The van der Waals surface area contributed by atoms with Crippen LogP contribution in [0.25, 0.3) is 16.9 Å². The Morgan fingerprint density at radius 1 is 1.19 bits per heavy atom. The Balaban J connectivity index is 1.85. The number of para-hydroxylation sites is 1. The van der Waals surface area contributed by atoms with Crippen molar-refractivity contribution in [2.75, 3.05) is 5.32 Å². The molecule has 1 N–H and O–H groups in total. The zero-order valence-electron chi connectivity index (χ0n) is 15.2. The van der Waals surface area contributed by atoms with Crippen LogP contribution in [0.3, 0.4) is 0 Å². The van der Waals surface area contributed by atoms with Crippen LogP contribution in [0, 0.1) is 0 Å². The number of aromatic nitrogens is 2. The van der Waals surface area contributed by atoms with Crippen LogP contribution in [0.15, 0.2) is 47.1 Å². The highest BCUT2D eigenvalue weighted by Gasteiger charge is 2.22. The number of hydrogen-bond donors (Lipinski definition) is 1. The van der Waals surface area contributed by atoms with Crippen LogP contribution >= 0.6 is 15.9 Å². The molecule has 0 aliphatic heterocycles. The monoisotopic (exact) mass is 427 g/mol. The predicted molar refractivity (Wildman–Crippen MR) is 110 cm³/mol. The molecule has 27 heavy (non-hydrogen) atoms. The van der Waals surface area contributed by atoms with Crippen molar-refractivity contribution >= 4 is 33.4 Å². The highest BCUT2D eigenvalue weighted by atomic mass is 79.9. The molecule has 0 unspecified atom stereocenters. The second-order valence-electron chi connectivity index (χ2n) is 6.95. The number of imidazole rings is 1. The Morgan fingerprint density at radius 3 is 2.74 bits per heavy atom. The van der Waals surface area contributed by atoms with Crippen LogP contribution in [0.2, 0.25) is 0 Å². The number of ether oxygens (including phenoxy) is 1. The van der Waals surface area contributed by atoms with Crippen molar-refractivity contribution in [3.05, 3.63) is 47.1 Å². The Kier molecular flexibility index (Phi) is 5.16. The average Bonchev–Trinajstić information content (AvgIpc) is 3.00. The van der Waals surface area contributed by atoms with Gasteiger partial charge in [0.1, 0.15) is 22.9 Å². The maximum atomic E-state index is 11.5. The molecule has 1 aliphatic carbocycles. The summed E-state index contributed by atoms with van der Waals surface area (Å²) in [6.07, 6.45) is 8.14. The lowest BCUT2D eigenvalue weighted by molar-refractivity contribution is -0.131. The van der Waals surface area contributed by atoms with Crippen LogP contribution in [0.4, 0.5) is 5.82 Å². The summed E-state index contributed by atoms with van der Waals surface area (Å²) in [6, 6.07) is 11.9. The first-order valence-corrected chi connectivity index (χ1v) is 10.1. The number of nitrogens with one attached hydrogen (secondary N) is 1. The first-order chi connectivity index (χ1) is 13.1. The average molecular weight is 428 g/mol. The molecule has 0 saturated heterocycles. The number of fused-ring (bicyclic) bond motifs is 1. The minimum atomic E-state index is -0.337. The summed E-state index contributed by atoms with van der Waals surface area (Å²) >= 11 is 3.56. The molecule has 140 valence electrons. The van der Waals surface area contributed by atoms with Crippen molar-refractivity contribution in [2.45, 2.75) is 45.1 Å². The fourth-order valence-corrected chi connectivity index (χ4v) is 4.03. The van der Waals surface area contributed by atoms with Crippen molar-refractivity contribution in [1.82, 2.24) is 9.38 Å². The molecule has 1 aromatic carbocycles. The Labute approximate surface area is 166 Å². The van der Waals surface area contributed by atoms with Crippen molar-refractivity contribution in [3.8, 4) is 17.0 Å². The van der Waals surface area contributed by atoms with Gasteiger partial charge in [-0.15, -0.1) is 0 Å². The summed E-state index contributed by atoms with van der Waals surface area (Å²) < 4.78 is 8.49. The molecule has 1 saturated carbocycles. The zero-order chi connectivity index (χ0) is 18.8. The van der Waals surface area contributed by atoms with E-state index in [9.17, 15) is 4.79 Å². The lowest BCUT2D eigenvalue weighted by Gasteiger charge is -2.24. The SMILES string of the molecule is CC(=O)Oc1ccccc1-c1nc2ccc(Br)cn2c1NC1CCCCC1. The second-order valence-corrected chi connectivity index (χ2v) is 7.87. The quantitative estimate of drug-likeness (QED) is 0.445. The van der Waals surface area contributed by atoms with Gasteiger partial charge in [0, 0.05) is 29.2 Å². The topological polar surface area (TPSA) is 55.6 Å². The van der Waals surface area contributed by atoms with Gasteiger partial charge in [0.25, 0.3) is 0 Å². The van der Waals surface area contributed by atoms with E-state index < -0.39 is 0 Å². The zero-order valence-corrected chi connectivity index (χ0v) is 16.8. The van der Waals surface area contributed by atoms with Gasteiger partial charge in [-0.2, -0.15) is 0 Å². The van der Waals surface area contributed by atoms with Crippen molar-refractivity contribution in [1.29, 1.82) is 0 Å². The van der Waals surface area contributed by atoms with E-state index in [1.807, 2.05) is 36.5 Å². The molecule has 2 heterocycles. The van der Waals surface area contributed by atoms with E-state index in [0.29, 0.717) is 11.8 Å². The molecule has 0 radical (unpaired) electrons. The third-order valence-corrected chi connectivity index (χ3v) is 5.39. The molecular formula is C21H22BrN3O2. The van der Waals surface area contributed by atoms with Crippen molar-refractivity contribution in [2.24, 2.45) is 0 Å². The number of carbonyl (C=O) groups is 1. The second kappa shape index (κ2) is 7.72. The van der Waals surface area contributed by atoms with Gasteiger partial charge in [-0.3, -0.25) is 9.20 Å². The van der Waals surface area contributed by atoms with Gasteiger partial charge < -0.3 is 10.1 Å². The number of halogens is 1. The minimum absolute atomic E-state index is 0.337. The van der Waals surface area contributed by atoms with Gasteiger partial charge in [0.2, 0.25) is 0 Å². The number of hydrogen-bond acceptors (Lipinski definition) is 4. The molecule has 6 heteroatoms. The third kappa shape index (κ3) is 3.86. The summed E-state index contributed by atoms with van der Waals surface area (Å²) in [4.78, 5) is 16.4. The Hall–Kier alpha value is -2.34. The van der Waals surface area contributed by atoms with Gasteiger partial charge in [-0.05, 0) is 53.0 Å². The van der Waals surface area contributed by atoms with E-state index in [1.165, 1.54) is 26.2 Å². The summed E-state index contributed by atoms with van der Waals surface area (Å²) in [5.74, 6) is 1.13. The van der Waals surface area contributed by atoms with Gasteiger partial charge in [0.15, 0.2) is 0 Å². The maximum absolute atomic E-state index is 11.5. The lowest BCUT2D eigenvalue weighted by atomic mass is 9.95. The van der Waals surface area contributed by atoms with E-state index in [0.717, 1.165) is 40.0 Å². The number of esters is 1. The molecule has 0 bridgehead atoms. The largest absolute Gasteiger partial charge is 0.426 e. The van der Waals surface area contributed by atoms with E-state index in [2.05, 4.69) is 25.6 Å². The van der Waals surface area contributed by atoms with Crippen LogP contribution in [-0.4, -0.2) is 21.4 Å². The molecule has 0 spiro atoms. The fraction of sp³-hybridized carbons (Fsp3) is 0.333. The fourth-order valence-electron chi connectivity index (χ4n) is 3.69. The maximum Gasteiger partial charge on any atom is 0.308 e. The van der Waals surface area contributed by atoms with Crippen molar-refractivity contribution in [3.63, 3.8) is 0 Å². The number of rotatable bonds is 4. The van der Waals surface area contributed by atoms with E-state index in [4.69, 9.17) is 9.72 Å². The smallest absolute Gasteiger partial charge is 0.308 e. The number of nitrogens with zero attached hydrogens (tertiary/aromatic N) is 2. The first kappa shape index (κ1) is 18.0. The summed E-state index contributed by atoms with van der Waals surface area (Å²) in [7, 11) is 0. The molecule has 5 nitrogen and oxygen atoms in total. The molecule has 1 aliphatic rings. The van der Waals surface area contributed by atoms with Crippen molar-refractivity contribution < 1.29 is 9.53 Å². The lowest BCUT2D eigenvalue weighted by Crippen LogP contribution is -2.23. The van der Waals surface area contributed by atoms with Gasteiger partial charge in [-0.1, -0.05) is 31.4 Å². The van der Waals surface area contributed by atoms with Gasteiger partial charge >= 0.3 is 5.97 Å². The molecule has 2 aromatic heterocycles. The summed E-state index contributed by atoms with van der Waals surface area (Å²) in [5, 5.41) is 3.72. The van der Waals surface area contributed by atoms with E-state index in [-0.39, 0.29) is 5.97 Å². The van der Waals surface area contributed by atoms with E-state index in [1.54, 1.807) is 6.07 Å². The number of pyridine rings is 1. The highest BCUT2D eigenvalue weighted by molar-refractivity contribution is 9.10. The molecule has 4 rings (SSSR count). The van der Waals surface area contributed by atoms with Crippen LogP contribution in [0.1, 0.15) is 39.0 Å².